The molecule has 0 fully saturated rings. The molecule has 0 bridgehead atoms. The molecule has 1 aliphatic heterocycles. The van der Waals surface area contributed by atoms with Crippen molar-refractivity contribution in [2.24, 2.45) is 0 Å². The van der Waals surface area contributed by atoms with Gasteiger partial charge in [0.25, 0.3) is 0 Å². The molecule has 0 saturated carbocycles. The molecule has 0 aliphatic carbocycles. The fourth-order valence-corrected chi connectivity index (χ4v) is 2.63. The molecule has 3 heterocycles. The summed E-state index contributed by atoms with van der Waals surface area (Å²) >= 11 is 0. The van der Waals surface area contributed by atoms with Crippen molar-refractivity contribution in [2.45, 2.75) is 26.3 Å². The van der Waals surface area contributed by atoms with Gasteiger partial charge in [0, 0.05) is 44.0 Å². The predicted molar refractivity (Wildman–Crippen MR) is 87.9 cm³/mol. The molecule has 0 aromatic carbocycles. The lowest BCUT2D eigenvalue weighted by molar-refractivity contribution is 0.293. The second kappa shape index (κ2) is 6.66. The van der Waals surface area contributed by atoms with E-state index in [-0.39, 0.29) is 0 Å². The summed E-state index contributed by atoms with van der Waals surface area (Å²) in [7, 11) is 0. The lowest BCUT2D eigenvalue weighted by Crippen LogP contribution is -2.28. The first-order chi connectivity index (χ1) is 10.8. The molecule has 2 aromatic heterocycles. The fourth-order valence-electron chi connectivity index (χ4n) is 2.63. The van der Waals surface area contributed by atoms with Crippen molar-refractivity contribution in [1.82, 2.24) is 19.9 Å². The van der Waals surface area contributed by atoms with Crippen molar-refractivity contribution in [3.8, 4) is 0 Å². The maximum absolute atomic E-state index is 6.03. The molecule has 22 heavy (non-hydrogen) atoms. The summed E-state index contributed by atoms with van der Waals surface area (Å²) in [5.74, 6) is 1.41. The third-order valence-electron chi connectivity index (χ3n) is 3.95. The molecule has 0 saturated heterocycles. The largest absolute Gasteiger partial charge is 0.383 e. The molecule has 0 atom stereocenters. The van der Waals surface area contributed by atoms with E-state index in [2.05, 4.69) is 32.0 Å². The van der Waals surface area contributed by atoms with Gasteiger partial charge in [-0.1, -0.05) is 19.1 Å². The zero-order valence-electron chi connectivity index (χ0n) is 12.9. The normalized spacial score (nSPS) is 15.6. The van der Waals surface area contributed by atoms with Crippen LogP contribution in [0.2, 0.25) is 0 Å². The fraction of sp³-hybridized carbons (Fsp3) is 0.353. The third kappa shape index (κ3) is 3.31. The average Bonchev–Trinajstić information content (AvgIpc) is 2.58. The Bertz CT molecular complexity index is 666. The molecule has 0 spiro atoms. The van der Waals surface area contributed by atoms with E-state index in [0.29, 0.717) is 5.82 Å². The second-order valence-corrected chi connectivity index (χ2v) is 5.48. The predicted octanol–water partition coefficient (Wildman–Crippen LogP) is 2.31. The van der Waals surface area contributed by atoms with Gasteiger partial charge in [0.15, 0.2) is 0 Å². The zero-order chi connectivity index (χ0) is 15.4. The van der Waals surface area contributed by atoms with Crippen LogP contribution in [0.25, 0.3) is 5.57 Å². The molecule has 2 aromatic rings. The number of aryl methyl sites for hydroxylation is 1. The number of pyridine rings is 1. The number of aromatic nitrogens is 3. The first kappa shape index (κ1) is 14.7. The maximum atomic E-state index is 6.03. The van der Waals surface area contributed by atoms with E-state index in [9.17, 15) is 0 Å². The van der Waals surface area contributed by atoms with Crippen molar-refractivity contribution in [3.63, 3.8) is 0 Å². The van der Waals surface area contributed by atoms with Gasteiger partial charge >= 0.3 is 0 Å². The first-order valence-electron chi connectivity index (χ1n) is 7.69. The number of hydrogen-bond donors (Lipinski definition) is 1. The number of hydrogen-bond acceptors (Lipinski definition) is 5. The molecule has 114 valence electrons. The number of rotatable bonds is 4. The summed E-state index contributed by atoms with van der Waals surface area (Å²) in [6, 6.07) is 6.04. The summed E-state index contributed by atoms with van der Waals surface area (Å²) in [6.07, 6.45) is 7.77. The number of nitrogen functional groups attached to an aromatic ring is 1. The highest BCUT2D eigenvalue weighted by Crippen LogP contribution is 2.22. The van der Waals surface area contributed by atoms with Crippen LogP contribution in [-0.2, 0) is 13.0 Å². The van der Waals surface area contributed by atoms with Gasteiger partial charge in [0.1, 0.15) is 11.6 Å². The van der Waals surface area contributed by atoms with E-state index in [1.165, 1.54) is 5.57 Å². The van der Waals surface area contributed by atoms with Gasteiger partial charge in [-0.3, -0.25) is 9.88 Å². The van der Waals surface area contributed by atoms with Gasteiger partial charge in [-0.05, 0) is 24.1 Å². The van der Waals surface area contributed by atoms with Crippen molar-refractivity contribution in [2.75, 3.05) is 18.8 Å². The maximum Gasteiger partial charge on any atom is 0.131 e. The lowest BCUT2D eigenvalue weighted by atomic mass is 10.0. The van der Waals surface area contributed by atoms with Crippen LogP contribution >= 0.6 is 0 Å². The second-order valence-electron chi connectivity index (χ2n) is 5.48. The molecule has 5 nitrogen and oxygen atoms in total. The van der Waals surface area contributed by atoms with E-state index in [0.717, 1.165) is 49.6 Å². The summed E-state index contributed by atoms with van der Waals surface area (Å²) in [4.78, 5) is 15.4. The Kier molecular flexibility index (Phi) is 4.44. The average molecular weight is 295 g/mol. The third-order valence-corrected chi connectivity index (χ3v) is 3.95. The van der Waals surface area contributed by atoms with E-state index in [4.69, 9.17) is 5.73 Å². The summed E-state index contributed by atoms with van der Waals surface area (Å²) in [5.41, 5.74) is 9.44. The minimum Gasteiger partial charge on any atom is -0.383 e. The monoisotopic (exact) mass is 295 g/mol. The van der Waals surface area contributed by atoms with Crippen LogP contribution in [0, 0.1) is 0 Å². The molecule has 0 unspecified atom stereocenters. The molecule has 1 aliphatic rings. The van der Waals surface area contributed by atoms with E-state index in [1.54, 1.807) is 0 Å². The van der Waals surface area contributed by atoms with Crippen LogP contribution < -0.4 is 5.73 Å². The van der Waals surface area contributed by atoms with Crippen LogP contribution in [0.15, 0.2) is 36.7 Å². The molecule has 3 rings (SSSR count). The van der Waals surface area contributed by atoms with Gasteiger partial charge in [-0.15, -0.1) is 0 Å². The summed E-state index contributed by atoms with van der Waals surface area (Å²) in [5, 5.41) is 0. The minimum absolute atomic E-state index is 0.603. The lowest BCUT2D eigenvalue weighted by Gasteiger charge is -2.26. The number of nitrogens with zero attached hydrogens (tertiary/aromatic N) is 4. The summed E-state index contributed by atoms with van der Waals surface area (Å²) < 4.78 is 0. The van der Waals surface area contributed by atoms with Crippen LogP contribution in [0.5, 0.6) is 0 Å². The van der Waals surface area contributed by atoms with E-state index < -0.39 is 0 Å². The van der Waals surface area contributed by atoms with Gasteiger partial charge in [-0.25, -0.2) is 9.97 Å². The molecule has 0 amide bonds. The molecule has 2 N–H and O–H groups in total. The minimum atomic E-state index is 0.603. The molecular formula is C17H21N5. The van der Waals surface area contributed by atoms with Crippen molar-refractivity contribution < 1.29 is 0 Å². The van der Waals surface area contributed by atoms with Gasteiger partial charge < -0.3 is 5.73 Å². The highest BCUT2D eigenvalue weighted by atomic mass is 15.1. The Labute approximate surface area is 130 Å². The molecule has 0 radical (unpaired) electrons. The Morgan fingerprint density at radius 3 is 2.82 bits per heavy atom. The van der Waals surface area contributed by atoms with E-state index in [1.807, 2.05) is 31.5 Å². The molecular weight excluding hydrogens is 274 g/mol. The number of nitrogens with two attached hydrogens (primary N) is 1. The topological polar surface area (TPSA) is 67.9 Å². The highest BCUT2D eigenvalue weighted by Gasteiger charge is 2.15. The van der Waals surface area contributed by atoms with Crippen molar-refractivity contribution in [1.29, 1.82) is 0 Å². The molecule has 5 heteroatoms. The highest BCUT2D eigenvalue weighted by molar-refractivity contribution is 5.63. The zero-order valence-corrected chi connectivity index (χ0v) is 12.9. The quantitative estimate of drug-likeness (QED) is 0.937. The van der Waals surface area contributed by atoms with Gasteiger partial charge in [-0.2, -0.15) is 0 Å². The smallest absolute Gasteiger partial charge is 0.131 e. The Hall–Kier alpha value is -2.27. The van der Waals surface area contributed by atoms with Crippen molar-refractivity contribution >= 4 is 11.4 Å². The summed E-state index contributed by atoms with van der Waals surface area (Å²) in [6.45, 7) is 4.73. The SMILES string of the molecule is CCc1ncc(CN2CC=C(c3ccccn3)CC2)c(N)n1. The first-order valence-corrected chi connectivity index (χ1v) is 7.69. The van der Waals surface area contributed by atoms with Crippen LogP contribution in [-0.4, -0.2) is 32.9 Å². The van der Waals surface area contributed by atoms with Gasteiger partial charge in [0.05, 0.1) is 5.69 Å². The Morgan fingerprint density at radius 2 is 2.18 bits per heavy atom. The van der Waals surface area contributed by atoms with Crippen LogP contribution in [0.3, 0.4) is 0 Å². The standard InChI is InChI=1S/C17H21N5/c1-2-16-20-11-14(17(18)21-16)12-22-9-6-13(7-10-22)15-5-3-4-8-19-15/h3-6,8,11H,2,7,9-10,12H2,1H3,(H2,18,20,21). The van der Waals surface area contributed by atoms with Crippen molar-refractivity contribution in [3.05, 3.63) is 53.8 Å². The van der Waals surface area contributed by atoms with Crippen LogP contribution in [0.4, 0.5) is 5.82 Å². The Balaban J connectivity index is 1.66. The van der Waals surface area contributed by atoms with Gasteiger partial charge in [0.2, 0.25) is 0 Å². The van der Waals surface area contributed by atoms with Crippen LogP contribution in [0.1, 0.15) is 30.4 Å². The number of anilines is 1. The van der Waals surface area contributed by atoms with E-state index >= 15 is 0 Å². The Morgan fingerprint density at radius 1 is 1.27 bits per heavy atom.